The highest BCUT2D eigenvalue weighted by molar-refractivity contribution is 5.91. The monoisotopic (exact) mass is 303 g/mol. The largest absolute Gasteiger partial charge is 0.321 e. The molecule has 0 aliphatic heterocycles. The van der Waals surface area contributed by atoms with E-state index in [1.54, 1.807) is 0 Å². The van der Waals surface area contributed by atoms with E-state index in [0.717, 1.165) is 10.2 Å². The third kappa shape index (κ3) is 4.33. The van der Waals surface area contributed by atoms with Crippen molar-refractivity contribution < 1.29 is 9.28 Å². The molecule has 1 fully saturated rings. The number of carbonyl (C=O) groups excluding carboxylic acids is 1. The molecule has 0 saturated heterocycles. The number of amides is 1. The van der Waals surface area contributed by atoms with Crippen molar-refractivity contribution in [2.45, 2.75) is 57.9 Å². The molecule has 1 aromatic carbocycles. The molecule has 1 saturated carbocycles. The van der Waals surface area contributed by atoms with Gasteiger partial charge in [-0.3, -0.25) is 4.79 Å². The van der Waals surface area contributed by atoms with Gasteiger partial charge in [0, 0.05) is 5.69 Å². The number of hydrogen-bond donors (Lipinski definition) is 1. The minimum absolute atomic E-state index is 0.111. The fourth-order valence-electron chi connectivity index (χ4n) is 3.36. The van der Waals surface area contributed by atoms with Gasteiger partial charge >= 0.3 is 0 Å². The summed E-state index contributed by atoms with van der Waals surface area (Å²) < 4.78 is 0.798. The average Bonchev–Trinajstić information content (AvgIpc) is 2.92. The Labute approximate surface area is 135 Å². The molecule has 0 radical (unpaired) electrons. The van der Waals surface area contributed by atoms with E-state index in [4.69, 9.17) is 0 Å². The second-order valence-corrected chi connectivity index (χ2v) is 8.25. The minimum Gasteiger partial charge on any atom is -0.321 e. The predicted octanol–water partition coefficient (Wildman–Crippen LogP) is 3.94. The fraction of sp³-hybridized carbons (Fsp3) is 0.632. The molecule has 22 heavy (non-hydrogen) atoms. The van der Waals surface area contributed by atoms with Crippen molar-refractivity contribution in [3.8, 4) is 0 Å². The van der Waals surface area contributed by atoms with E-state index in [1.807, 2.05) is 12.1 Å². The van der Waals surface area contributed by atoms with Crippen molar-refractivity contribution >= 4 is 11.6 Å². The number of rotatable bonds is 4. The highest BCUT2D eigenvalue weighted by atomic mass is 16.2. The minimum atomic E-state index is 0.111. The van der Waals surface area contributed by atoms with Crippen LogP contribution >= 0.6 is 0 Å². The molecule has 1 N–H and O–H groups in total. The Morgan fingerprint density at radius 2 is 1.68 bits per heavy atom. The first kappa shape index (κ1) is 17.0. The molecule has 0 aromatic heterocycles. The Hall–Kier alpha value is -1.35. The summed E-state index contributed by atoms with van der Waals surface area (Å²) >= 11 is 0. The standard InChI is InChI=1S/C19H30N2O/c1-19(2,3)15-10-12-16(13-11-15)20-18(22)14-21(4,5)17-8-6-7-9-17/h10-13,17H,6-9,14H2,1-5H3/p+1. The van der Waals surface area contributed by atoms with E-state index in [1.165, 1.54) is 31.2 Å². The van der Waals surface area contributed by atoms with Crippen molar-refractivity contribution in [1.29, 1.82) is 0 Å². The number of hydrogen-bond acceptors (Lipinski definition) is 1. The van der Waals surface area contributed by atoms with Crippen LogP contribution in [0.3, 0.4) is 0 Å². The summed E-state index contributed by atoms with van der Waals surface area (Å²) in [4.78, 5) is 12.3. The second-order valence-electron chi connectivity index (χ2n) is 8.25. The van der Waals surface area contributed by atoms with Gasteiger partial charge in [-0.15, -0.1) is 0 Å². The number of nitrogens with zero attached hydrogens (tertiary/aromatic N) is 1. The number of anilines is 1. The van der Waals surface area contributed by atoms with Crippen LogP contribution in [0, 0.1) is 0 Å². The van der Waals surface area contributed by atoms with E-state index in [2.05, 4.69) is 52.3 Å². The Kier molecular flexibility index (Phi) is 4.96. The van der Waals surface area contributed by atoms with E-state index >= 15 is 0 Å². The van der Waals surface area contributed by atoms with Crippen molar-refractivity contribution in [3.05, 3.63) is 29.8 Å². The van der Waals surface area contributed by atoms with E-state index in [0.29, 0.717) is 12.6 Å². The Morgan fingerprint density at radius 1 is 1.14 bits per heavy atom. The van der Waals surface area contributed by atoms with Crippen molar-refractivity contribution in [2.24, 2.45) is 0 Å². The topological polar surface area (TPSA) is 29.1 Å². The summed E-state index contributed by atoms with van der Waals surface area (Å²) in [7, 11) is 4.36. The van der Waals surface area contributed by atoms with Crippen LogP contribution in [0.5, 0.6) is 0 Å². The molecular formula is C19H31N2O+. The fourth-order valence-corrected chi connectivity index (χ4v) is 3.36. The van der Waals surface area contributed by atoms with Crippen molar-refractivity contribution in [1.82, 2.24) is 0 Å². The molecule has 3 heteroatoms. The molecule has 1 amide bonds. The van der Waals surface area contributed by atoms with Crippen LogP contribution in [-0.4, -0.2) is 37.1 Å². The number of nitrogens with one attached hydrogen (secondary N) is 1. The van der Waals surface area contributed by atoms with Crippen LogP contribution in [0.25, 0.3) is 0 Å². The van der Waals surface area contributed by atoms with Gasteiger partial charge in [-0.1, -0.05) is 32.9 Å². The predicted molar refractivity (Wildman–Crippen MR) is 93.0 cm³/mol. The summed E-state index contributed by atoms with van der Waals surface area (Å²) in [6.45, 7) is 7.14. The lowest BCUT2D eigenvalue weighted by Gasteiger charge is -2.35. The molecule has 3 nitrogen and oxygen atoms in total. The Bertz CT molecular complexity index is 505. The number of carbonyl (C=O) groups is 1. The van der Waals surface area contributed by atoms with Gasteiger partial charge in [-0.05, 0) is 48.8 Å². The SMILES string of the molecule is CC(C)(C)c1ccc(NC(=O)C[N+](C)(C)C2CCCC2)cc1. The zero-order valence-electron chi connectivity index (χ0n) is 14.8. The molecule has 1 aliphatic carbocycles. The smallest absolute Gasteiger partial charge is 0.279 e. The highest BCUT2D eigenvalue weighted by Crippen LogP contribution is 2.27. The zero-order chi connectivity index (χ0) is 16.4. The summed E-state index contributed by atoms with van der Waals surface area (Å²) in [5.74, 6) is 0.111. The zero-order valence-corrected chi connectivity index (χ0v) is 14.8. The number of likely N-dealkylation sites (N-methyl/N-ethyl adjacent to an activating group) is 1. The molecule has 1 aliphatic rings. The third-order valence-electron chi connectivity index (χ3n) is 4.90. The Morgan fingerprint density at radius 3 is 2.18 bits per heavy atom. The quantitative estimate of drug-likeness (QED) is 0.839. The lowest BCUT2D eigenvalue weighted by atomic mass is 9.87. The van der Waals surface area contributed by atoms with E-state index in [-0.39, 0.29) is 11.3 Å². The normalized spacial score (nSPS) is 16.8. The Balaban J connectivity index is 1.94. The third-order valence-corrected chi connectivity index (χ3v) is 4.90. The summed E-state index contributed by atoms with van der Waals surface area (Å²) in [6, 6.07) is 8.86. The van der Waals surface area contributed by atoms with Gasteiger partial charge in [0.1, 0.15) is 0 Å². The molecule has 0 bridgehead atoms. The first-order chi connectivity index (χ1) is 10.2. The second kappa shape index (κ2) is 6.41. The van der Waals surface area contributed by atoms with Gasteiger partial charge in [0.2, 0.25) is 0 Å². The van der Waals surface area contributed by atoms with Gasteiger partial charge in [0.25, 0.3) is 5.91 Å². The molecule has 122 valence electrons. The van der Waals surface area contributed by atoms with Gasteiger partial charge in [0.05, 0.1) is 20.1 Å². The molecule has 0 spiro atoms. The van der Waals surface area contributed by atoms with Crippen LogP contribution in [0.15, 0.2) is 24.3 Å². The van der Waals surface area contributed by atoms with Gasteiger partial charge < -0.3 is 9.80 Å². The summed E-state index contributed by atoms with van der Waals surface area (Å²) in [5.41, 5.74) is 2.32. The van der Waals surface area contributed by atoms with Crippen LogP contribution in [0.4, 0.5) is 5.69 Å². The van der Waals surface area contributed by atoms with Crippen LogP contribution in [-0.2, 0) is 10.2 Å². The maximum absolute atomic E-state index is 12.3. The maximum Gasteiger partial charge on any atom is 0.279 e. The molecule has 0 unspecified atom stereocenters. The number of quaternary nitrogens is 1. The van der Waals surface area contributed by atoms with Gasteiger partial charge in [0.15, 0.2) is 6.54 Å². The van der Waals surface area contributed by atoms with Crippen LogP contribution in [0.1, 0.15) is 52.0 Å². The van der Waals surface area contributed by atoms with Gasteiger partial charge in [-0.25, -0.2) is 0 Å². The van der Waals surface area contributed by atoms with Crippen LogP contribution in [0.2, 0.25) is 0 Å². The number of benzene rings is 1. The highest BCUT2D eigenvalue weighted by Gasteiger charge is 2.32. The maximum atomic E-state index is 12.3. The van der Waals surface area contributed by atoms with Crippen molar-refractivity contribution in [2.75, 3.05) is 26.0 Å². The lowest BCUT2D eigenvalue weighted by molar-refractivity contribution is -0.906. The molecule has 0 heterocycles. The molecule has 1 aromatic rings. The first-order valence-corrected chi connectivity index (χ1v) is 8.41. The van der Waals surface area contributed by atoms with Crippen LogP contribution < -0.4 is 5.32 Å². The van der Waals surface area contributed by atoms with E-state index in [9.17, 15) is 4.79 Å². The molecule has 2 rings (SSSR count). The average molecular weight is 303 g/mol. The van der Waals surface area contributed by atoms with E-state index < -0.39 is 0 Å². The van der Waals surface area contributed by atoms with Crippen molar-refractivity contribution in [3.63, 3.8) is 0 Å². The summed E-state index contributed by atoms with van der Waals surface area (Å²) in [5, 5.41) is 3.05. The first-order valence-electron chi connectivity index (χ1n) is 8.41. The molecular weight excluding hydrogens is 272 g/mol. The molecule has 0 atom stereocenters. The lowest BCUT2D eigenvalue weighted by Crippen LogP contribution is -2.51. The van der Waals surface area contributed by atoms with Gasteiger partial charge in [-0.2, -0.15) is 0 Å². The summed E-state index contributed by atoms with van der Waals surface area (Å²) in [6.07, 6.45) is 5.12.